The highest BCUT2D eigenvalue weighted by atomic mass is 32.2. The quantitative estimate of drug-likeness (QED) is 0.354. The predicted molar refractivity (Wildman–Crippen MR) is 158 cm³/mol. The van der Waals surface area contributed by atoms with Crippen molar-refractivity contribution in [3.05, 3.63) is 53.1 Å². The highest BCUT2D eigenvalue weighted by Gasteiger charge is 2.27. The van der Waals surface area contributed by atoms with Gasteiger partial charge in [0.1, 0.15) is 0 Å². The van der Waals surface area contributed by atoms with Gasteiger partial charge in [-0.2, -0.15) is 4.31 Å². The van der Waals surface area contributed by atoms with Gasteiger partial charge in [-0.15, -0.1) is 0 Å². The molecule has 0 saturated carbocycles. The molecule has 216 valence electrons. The zero-order chi connectivity index (χ0) is 28.3. The van der Waals surface area contributed by atoms with Crippen LogP contribution in [-0.4, -0.2) is 94.2 Å². The lowest BCUT2D eigenvalue weighted by atomic mass is 10.1. The van der Waals surface area contributed by atoms with Crippen molar-refractivity contribution >= 4 is 42.6 Å². The summed E-state index contributed by atoms with van der Waals surface area (Å²) in [6, 6.07) is 10.4. The Hall–Kier alpha value is -2.41. The number of thiazole rings is 1. The lowest BCUT2D eigenvalue weighted by molar-refractivity contribution is 0.0376. The van der Waals surface area contributed by atoms with Crippen molar-refractivity contribution in [2.75, 3.05) is 64.5 Å². The minimum absolute atomic E-state index is 0.0762. The third kappa shape index (κ3) is 6.40. The van der Waals surface area contributed by atoms with Crippen LogP contribution in [0.4, 0.5) is 5.13 Å². The number of ether oxygens (including phenoxy) is 2. The van der Waals surface area contributed by atoms with Crippen molar-refractivity contribution in [2.45, 2.75) is 44.1 Å². The van der Waals surface area contributed by atoms with Crippen LogP contribution in [0.1, 0.15) is 40.7 Å². The van der Waals surface area contributed by atoms with E-state index in [2.05, 4.69) is 24.0 Å². The zero-order valence-electron chi connectivity index (χ0n) is 23.5. The van der Waals surface area contributed by atoms with Gasteiger partial charge >= 0.3 is 0 Å². The summed E-state index contributed by atoms with van der Waals surface area (Å²) in [7, 11) is -2.12. The first-order chi connectivity index (χ1) is 19.2. The number of fused-ring (bicyclic) bond motifs is 1. The molecule has 2 saturated heterocycles. The van der Waals surface area contributed by atoms with Crippen LogP contribution in [0.2, 0.25) is 0 Å². The first kappa shape index (κ1) is 29.1. The second-order valence-electron chi connectivity index (χ2n) is 10.6. The molecule has 2 aliphatic rings. The van der Waals surface area contributed by atoms with E-state index in [0.29, 0.717) is 30.4 Å². The highest BCUT2D eigenvalue weighted by Crippen LogP contribution is 2.34. The average molecular weight is 587 g/mol. The summed E-state index contributed by atoms with van der Waals surface area (Å²) in [5, 5.41) is 0.660. The molecule has 2 aliphatic heterocycles. The van der Waals surface area contributed by atoms with Crippen LogP contribution in [0.25, 0.3) is 10.2 Å². The molecular formula is C29H38N4O5S2. The Morgan fingerprint density at radius 3 is 2.48 bits per heavy atom. The predicted octanol–water partition coefficient (Wildman–Crippen LogP) is 4.08. The molecule has 0 radical (unpaired) electrons. The summed E-state index contributed by atoms with van der Waals surface area (Å²) in [5.74, 6) is -0.187. The third-order valence-corrected chi connectivity index (χ3v) is 10.7. The fraction of sp³-hybridized carbons (Fsp3) is 0.517. The second kappa shape index (κ2) is 12.6. The number of hydrogen-bond acceptors (Lipinski definition) is 8. The fourth-order valence-electron chi connectivity index (χ4n) is 5.20. The van der Waals surface area contributed by atoms with Crippen LogP contribution in [0, 0.1) is 13.8 Å². The topological polar surface area (TPSA) is 92.3 Å². The SMILES string of the molecule is Cc1ccc(C)c2sc(N(CCCN3CCOCC3)C(=O)c3ccc(S(=O)(=O)N(C)CC4CCCO4)cc3)nc12. The molecule has 3 aromatic rings. The molecule has 2 fully saturated rings. The number of rotatable bonds is 10. The minimum Gasteiger partial charge on any atom is -0.379 e. The van der Waals surface area contributed by atoms with Crippen molar-refractivity contribution in [2.24, 2.45) is 0 Å². The Labute approximate surface area is 240 Å². The van der Waals surface area contributed by atoms with Crippen molar-refractivity contribution in [1.82, 2.24) is 14.2 Å². The van der Waals surface area contributed by atoms with Crippen LogP contribution in [0.3, 0.4) is 0 Å². The molecule has 40 heavy (non-hydrogen) atoms. The Morgan fingerprint density at radius 1 is 1.07 bits per heavy atom. The monoisotopic (exact) mass is 586 g/mol. The molecule has 0 aliphatic carbocycles. The van der Waals surface area contributed by atoms with Gasteiger partial charge in [-0.3, -0.25) is 14.6 Å². The molecule has 1 amide bonds. The van der Waals surface area contributed by atoms with Crippen LogP contribution in [-0.2, 0) is 19.5 Å². The molecule has 9 nitrogen and oxygen atoms in total. The van der Waals surface area contributed by atoms with E-state index in [1.54, 1.807) is 24.1 Å². The minimum atomic E-state index is -3.69. The van der Waals surface area contributed by atoms with E-state index in [1.165, 1.54) is 27.8 Å². The van der Waals surface area contributed by atoms with Crippen LogP contribution >= 0.6 is 11.3 Å². The van der Waals surface area contributed by atoms with Gasteiger partial charge in [0.25, 0.3) is 5.91 Å². The van der Waals surface area contributed by atoms with Gasteiger partial charge in [0.15, 0.2) is 5.13 Å². The third-order valence-electron chi connectivity index (χ3n) is 7.66. The lowest BCUT2D eigenvalue weighted by Gasteiger charge is -2.27. The van der Waals surface area contributed by atoms with E-state index in [9.17, 15) is 13.2 Å². The number of hydrogen-bond donors (Lipinski definition) is 0. The van der Waals surface area contributed by atoms with Gasteiger partial charge < -0.3 is 9.47 Å². The smallest absolute Gasteiger partial charge is 0.260 e. The summed E-state index contributed by atoms with van der Waals surface area (Å²) in [5.41, 5.74) is 3.55. The van der Waals surface area contributed by atoms with E-state index < -0.39 is 10.0 Å². The first-order valence-electron chi connectivity index (χ1n) is 13.9. The Kier molecular flexibility index (Phi) is 9.18. The summed E-state index contributed by atoms with van der Waals surface area (Å²) in [4.78, 5) is 23.0. The Morgan fingerprint density at radius 2 is 1.80 bits per heavy atom. The Bertz CT molecular complexity index is 1390. The molecule has 1 atom stereocenters. The summed E-state index contributed by atoms with van der Waals surface area (Å²) < 4.78 is 39.8. The van der Waals surface area contributed by atoms with Crippen molar-refractivity contribution in [1.29, 1.82) is 0 Å². The summed E-state index contributed by atoms with van der Waals surface area (Å²) in [6.45, 7) is 9.71. The largest absolute Gasteiger partial charge is 0.379 e. The number of carbonyl (C=O) groups is 1. The van der Waals surface area contributed by atoms with Crippen LogP contribution < -0.4 is 4.90 Å². The molecule has 0 bridgehead atoms. The van der Waals surface area contributed by atoms with Crippen molar-refractivity contribution < 1.29 is 22.7 Å². The number of aromatic nitrogens is 1. The number of aryl methyl sites for hydroxylation is 2. The molecule has 11 heteroatoms. The van der Waals surface area contributed by atoms with Gasteiger partial charge in [0.05, 0.1) is 34.4 Å². The van der Waals surface area contributed by atoms with E-state index in [4.69, 9.17) is 14.5 Å². The number of anilines is 1. The zero-order valence-corrected chi connectivity index (χ0v) is 25.1. The Balaban J connectivity index is 1.36. The van der Waals surface area contributed by atoms with Gasteiger partial charge in [0, 0.05) is 51.9 Å². The number of amides is 1. The second-order valence-corrected chi connectivity index (χ2v) is 13.6. The highest BCUT2D eigenvalue weighted by molar-refractivity contribution is 7.89. The maximum Gasteiger partial charge on any atom is 0.260 e. The van der Waals surface area contributed by atoms with Gasteiger partial charge in [-0.25, -0.2) is 13.4 Å². The molecule has 0 N–H and O–H groups in total. The van der Waals surface area contributed by atoms with Crippen molar-refractivity contribution in [3.8, 4) is 0 Å². The van der Waals surface area contributed by atoms with Crippen molar-refractivity contribution in [3.63, 3.8) is 0 Å². The number of nitrogens with zero attached hydrogens (tertiary/aromatic N) is 4. The molecule has 1 aromatic heterocycles. The van der Waals surface area contributed by atoms with E-state index >= 15 is 0 Å². The number of carbonyl (C=O) groups excluding carboxylic acids is 1. The maximum absolute atomic E-state index is 13.9. The fourth-order valence-corrected chi connectivity index (χ4v) is 7.54. The number of likely N-dealkylation sites (N-methyl/N-ethyl adjacent to an activating group) is 1. The van der Waals surface area contributed by atoms with E-state index in [1.807, 2.05) is 6.92 Å². The van der Waals surface area contributed by atoms with Gasteiger partial charge in [0.2, 0.25) is 10.0 Å². The van der Waals surface area contributed by atoms with E-state index in [-0.39, 0.29) is 16.9 Å². The number of benzene rings is 2. The normalized spacial score (nSPS) is 18.6. The molecular weight excluding hydrogens is 548 g/mol. The molecule has 2 aromatic carbocycles. The summed E-state index contributed by atoms with van der Waals surface area (Å²) in [6.07, 6.45) is 2.53. The standard InChI is InChI=1S/C29H38N4O5S2/c1-21-7-8-22(2)27-26(21)30-29(39-27)33(14-5-13-32-15-18-37-19-16-32)28(34)23-9-11-25(12-10-23)40(35,36)31(3)20-24-6-4-17-38-24/h7-12,24H,4-6,13-20H2,1-3H3. The van der Waals surface area contributed by atoms with Gasteiger partial charge in [-0.05, 0) is 68.5 Å². The average Bonchev–Trinajstić information content (AvgIpc) is 3.65. The first-order valence-corrected chi connectivity index (χ1v) is 16.2. The van der Waals surface area contributed by atoms with Crippen LogP contribution in [0.5, 0.6) is 0 Å². The van der Waals surface area contributed by atoms with E-state index in [0.717, 1.165) is 73.5 Å². The number of morpholine rings is 1. The molecule has 3 heterocycles. The molecule has 0 spiro atoms. The number of sulfonamides is 1. The summed E-state index contributed by atoms with van der Waals surface area (Å²) >= 11 is 1.53. The molecule has 1 unspecified atom stereocenters. The lowest BCUT2D eigenvalue weighted by Crippen LogP contribution is -2.39. The maximum atomic E-state index is 13.9. The molecule has 5 rings (SSSR count). The van der Waals surface area contributed by atoms with Crippen LogP contribution in [0.15, 0.2) is 41.3 Å². The van der Waals surface area contributed by atoms with Gasteiger partial charge in [-0.1, -0.05) is 23.5 Å².